The molecule has 0 bridgehead atoms. The average molecular weight is 588 g/mol. The maximum atomic E-state index is 13.9. The number of ether oxygens (including phenoxy) is 3. The quantitative estimate of drug-likeness (QED) is 0.184. The molecule has 0 spiro atoms. The van der Waals surface area contributed by atoms with Gasteiger partial charge in [-0.1, -0.05) is 66.7 Å². The van der Waals surface area contributed by atoms with Gasteiger partial charge in [0.05, 0.1) is 24.9 Å². The van der Waals surface area contributed by atoms with E-state index in [0.29, 0.717) is 59.2 Å². The third kappa shape index (κ3) is 5.85. The lowest BCUT2D eigenvalue weighted by molar-refractivity contribution is -0.113. The highest BCUT2D eigenvalue weighted by atomic mass is 16.5. The van der Waals surface area contributed by atoms with Crippen LogP contribution in [0.4, 0.5) is 11.6 Å². The average Bonchev–Trinajstić information content (AvgIpc) is 3.48. The Morgan fingerprint density at radius 2 is 1.61 bits per heavy atom. The molecule has 0 saturated carbocycles. The molecule has 9 heteroatoms. The van der Waals surface area contributed by atoms with E-state index in [-0.39, 0.29) is 5.91 Å². The Bertz CT molecular complexity index is 1800. The summed E-state index contributed by atoms with van der Waals surface area (Å²) < 4.78 is 19.5. The number of nitrogens with zero attached hydrogens (tertiary/aromatic N) is 3. The number of hydrogen-bond donors (Lipinski definition) is 2. The second kappa shape index (κ2) is 12.7. The van der Waals surface area contributed by atoms with Crippen LogP contribution >= 0.6 is 0 Å². The second-order valence-corrected chi connectivity index (χ2v) is 10.2. The first kappa shape index (κ1) is 28.5. The number of para-hydroxylation sites is 2. The number of carbonyl (C=O) groups excluding carboxylic acids is 1. The van der Waals surface area contributed by atoms with Crippen molar-refractivity contribution in [3.8, 4) is 28.6 Å². The lowest BCUT2D eigenvalue weighted by Crippen LogP contribution is -2.31. The number of aromatic nitrogens is 3. The topological polar surface area (TPSA) is 99.5 Å². The number of anilines is 2. The predicted octanol–water partition coefficient (Wildman–Crippen LogP) is 6.86. The summed E-state index contributed by atoms with van der Waals surface area (Å²) >= 11 is 0. The summed E-state index contributed by atoms with van der Waals surface area (Å²) in [4.78, 5) is 18.8. The molecule has 2 heterocycles. The number of nitrogens with one attached hydrogen (secondary N) is 2. The van der Waals surface area contributed by atoms with Crippen molar-refractivity contribution in [3.05, 3.63) is 126 Å². The zero-order chi connectivity index (χ0) is 30.5. The summed E-state index contributed by atoms with van der Waals surface area (Å²) in [6, 6.07) is 32.0. The lowest BCUT2D eigenvalue weighted by atomic mass is 9.94. The van der Waals surface area contributed by atoms with Crippen molar-refractivity contribution in [2.45, 2.75) is 26.5 Å². The molecule has 9 nitrogen and oxygen atoms in total. The molecule has 0 fully saturated rings. The van der Waals surface area contributed by atoms with Crippen LogP contribution in [0.15, 0.2) is 114 Å². The molecular formula is C35H33N5O4. The number of benzene rings is 4. The molecule has 222 valence electrons. The number of fused-ring (bicyclic) bond motifs is 1. The van der Waals surface area contributed by atoms with Gasteiger partial charge in [-0.25, -0.2) is 4.68 Å². The van der Waals surface area contributed by atoms with Gasteiger partial charge in [0.15, 0.2) is 17.3 Å². The monoisotopic (exact) mass is 587 g/mol. The molecule has 5 aromatic rings. The SMILES string of the molecule is CCOc1cc(C2C(C(=O)Nc3ccccc3)=C(C)Nc3nc(-c4ccccc4OC)nn32)ccc1OCc1ccccc1. The summed E-state index contributed by atoms with van der Waals surface area (Å²) in [5.41, 5.74) is 4.43. The normalized spacial score (nSPS) is 13.9. The fraction of sp³-hybridized carbons (Fsp3) is 0.171. The predicted molar refractivity (Wildman–Crippen MR) is 170 cm³/mol. The van der Waals surface area contributed by atoms with Crippen molar-refractivity contribution in [2.75, 3.05) is 24.4 Å². The van der Waals surface area contributed by atoms with E-state index in [1.807, 2.05) is 117 Å². The summed E-state index contributed by atoms with van der Waals surface area (Å²) in [7, 11) is 1.62. The van der Waals surface area contributed by atoms with Crippen LogP contribution in [0.5, 0.6) is 17.2 Å². The summed E-state index contributed by atoms with van der Waals surface area (Å²) in [6.07, 6.45) is 0. The fourth-order valence-electron chi connectivity index (χ4n) is 5.23. The second-order valence-electron chi connectivity index (χ2n) is 10.2. The Hall–Kier alpha value is -5.57. The van der Waals surface area contributed by atoms with Crippen molar-refractivity contribution in [1.82, 2.24) is 14.8 Å². The smallest absolute Gasteiger partial charge is 0.255 e. The molecular weight excluding hydrogens is 554 g/mol. The molecule has 1 amide bonds. The Kier molecular flexibility index (Phi) is 8.27. The van der Waals surface area contributed by atoms with Crippen LogP contribution in [-0.4, -0.2) is 34.4 Å². The van der Waals surface area contributed by atoms with Gasteiger partial charge >= 0.3 is 0 Å². The highest BCUT2D eigenvalue weighted by Crippen LogP contribution is 2.41. The van der Waals surface area contributed by atoms with E-state index in [2.05, 4.69) is 10.6 Å². The summed E-state index contributed by atoms with van der Waals surface area (Å²) in [6.45, 7) is 4.64. The van der Waals surface area contributed by atoms with Gasteiger partial charge in [-0.2, -0.15) is 4.98 Å². The molecule has 1 atom stereocenters. The van der Waals surface area contributed by atoms with E-state index in [0.717, 1.165) is 16.7 Å². The third-order valence-corrected chi connectivity index (χ3v) is 7.30. The van der Waals surface area contributed by atoms with E-state index in [1.165, 1.54) is 0 Å². The third-order valence-electron chi connectivity index (χ3n) is 7.30. The van der Waals surface area contributed by atoms with Gasteiger partial charge in [-0.3, -0.25) is 4.79 Å². The first-order valence-electron chi connectivity index (χ1n) is 14.4. The zero-order valence-corrected chi connectivity index (χ0v) is 24.8. The molecule has 0 radical (unpaired) electrons. The standard InChI is InChI=1S/C35H33N5O4/c1-4-43-30-21-25(19-20-29(30)44-22-24-13-7-5-8-14-24)32-31(34(41)37-26-15-9-6-10-16-26)23(2)36-35-38-33(39-40(32)35)27-17-11-12-18-28(27)42-3/h5-21,32H,4,22H2,1-3H3,(H,37,41)(H,36,38,39). The molecule has 2 N–H and O–H groups in total. The van der Waals surface area contributed by atoms with E-state index in [9.17, 15) is 4.79 Å². The zero-order valence-electron chi connectivity index (χ0n) is 24.8. The Balaban J connectivity index is 1.43. The molecule has 1 unspecified atom stereocenters. The molecule has 1 aliphatic rings. The molecule has 0 aliphatic carbocycles. The van der Waals surface area contributed by atoms with Crippen molar-refractivity contribution in [3.63, 3.8) is 0 Å². The van der Waals surface area contributed by atoms with Gasteiger partial charge in [0.1, 0.15) is 18.4 Å². The van der Waals surface area contributed by atoms with Crippen LogP contribution < -0.4 is 24.8 Å². The van der Waals surface area contributed by atoms with Crippen molar-refractivity contribution in [1.29, 1.82) is 0 Å². The molecule has 4 aromatic carbocycles. The number of hydrogen-bond acceptors (Lipinski definition) is 7. The van der Waals surface area contributed by atoms with E-state index < -0.39 is 6.04 Å². The molecule has 0 saturated heterocycles. The van der Waals surface area contributed by atoms with Crippen LogP contribution in [0.1, 0.15) is 31.0 Å². The first-order chi connectivity index (χ1) is 21.6. The number of methoxy groups -OCH3 is 1. The van der Waals surface area contributed by atoms with Gasteiger partial charge in [-0.15, -0.1) is 5.10 Å². The van der Waals surface area contributed by atoms with Crippen LogP contribution in [0.3, 0.4) is 0 Å². The van der Waals surface area contributed by atoms with Gasteiger partial charge < -0.3 is 24.8 Å². The van der Waals surface area contributed by atoms with Crippen molar-refractivity contribution in [2.24, 2.45) is 0 Å². The first-order valence-corrected chi connectivity index (χ1v) is 14.4. The number of carbonyl (C=O) groups is 1. The van der Waals surface area contributed by atoms with Gasteiger partial charge in [0.2, 0.25) is 5.95 Å². The van der Waals surface area contributed by atoms with Crippen LogP contribution in [0.2, 0.25) is 0 Å². The summed E-state index contributed by atoms with van der Waals surface area (Å²) in [5.74, 6) is 2.56. The Morgan fingerprint density at radius 3 is 2.36 bits per heavy atom. The van der Waals surface area contributed by atoms with Gasteiger partial charge in [0.25, 0.3) is 5.91 Å². The van der Waals surface area contributed by atoms with Crippen molar-refractivity contribution >= 4 is 17.5 Å². The largest absolute Gasteiger partial charge is 0.496 e. The molecule has 1 aliphatic heterocycles. The van der Waals surface area contributed by atoms with Gasteiger partial charge in [0, 0.05) is 11.4 Å². The Labute approximate surface area is 256 Å². The number of amides is 1. The van der Waals surface area contributed by atoms with E-state index >= 15 is 0 Å². The minimum atomic E-state index is -0.617. The number of rotatable bonds is 10. The minimum absolute atomic E-state index is 0.256. The molecule has 1 aromatic heterocycles. The minimum Gasteiger partial charge on any atom is -0.496 e. The maximum Gasteiger partial charge on any atom is 0.255 e. The highest BCUT2D eigenvalue weighted by molar-refractivity contribution is 6.06. The van der Waals surface area contributed by atoms with E-state index in [1.54, 1.807) is 11.8 Å². The number of allylic oxidation sites excluding steroid dienone is 1. The summed E-state index contributed by atoms with van der Waals surface area (Å²) in [5, 5.41) is 11.3. The van der Waals surface area contributed by atoms with E-state index in [4.69, 9.17) is 24.3 Å². The van der Waals surface area contributed by atoms with Crippen molar-refractivity contribution < 1.29 is 19.0 Å². The fourth-order valence-corrected chi connectivity index (χ4v) is 5.23. The Morgan fingerprint density at radius 1 is 0.886 bits per heavy atom. The molecule has 6 rings (SSSR count). The maximum absolute atomic E-state index is 13.9. The lowest BCUT2D eigenvalue weighted by Gasteiger charge is -2.29. The highest BCUT2D eigenvalue weighted by Gasteiger charge is 2.35. The van der Waals surface area contributed by atoms with Crippen LogP contribution in [-0.2, 0) is 11.4 Å². The molecule has 44 heavy (non-hydrogen) atoms. The van der Waals surface area contributed by atoms with Crippen LogP contribution in [0.25, 0.3) is 11.4 Å². The van der Waals surface area contributed by atoms with Gasteiger partial charge in [-0.05, 0) is 61.4 Å². The van der Waals surface area contributed by atoms with Crippen LogP contribution in [0, 0.1) is 0 Å².